The average molecular weight is 303 g/mol. The minimum atomic E-state index is -4.42. The van der Waals surface area contributed by atoms with Gasteiger partial charge in [-0.3, -0.25) is 10.1 Å². The first-order chi connectivity index (χ1) is 9.70. The summed E-state index contributed by atoms with van der Waals surface area (Å²) in [4.78, 5) is 23.2. The summed E-state index contributed by atoms with van der Waals surface area (Å²) in [5.41, 5.74) is 4.21. The van der Waals surface area contributed by atoms with Gasteiger partial charge in [0.05, 0.1) is 5.56 Å². The van der Waals surface area contributed by atoms with E-state index in [2.05, 4.69) is 0 Å². The first-order valence-electron chi connectivity index (χ1n) is 6.13. The first kappa shape index (κ1) is 17.0. The summed E-state index contributed by atoms with van der Waals surface area (Å²) in [5.74, 6) is -0.571. The molecule has 1 rings (SSSR count). The second-order valence-corrected chi connectivity index (χ2v) is 4.56. The van der Waals surface area contributed by atoms with Crippen LogP contribution in [-0.4, -0.2) is 30.4 Å². The lowest BCUT2D eigenvalue weighted by Gasteiger charge is -2.19. The van der Waals surface area contributed by atoms with E-state index >= 15 is 0 Å². The summed E-state index contributed by atoms with van der Waals surface area (Å²) < 4.78 is 38.5. The lowest BCUT2D eigenvalue weighted by atomic mass is 10.1. The molecule has 0 heterocycles. The summed E-state index contributed by atoms with van der Waals surface area (Å²) in [7, 11) is 1.59. The number of rotatable bonds is 5. The Labute approximate surface area is 119 Å². The smallest absolute Gasteiger partial charge is 0.351 e. The van der Waals surface area contributed by atoms with Gasteiger partial charge in [0.2, 0.25) is 5.91 Å². The number of benzene rings is 1. The van der Waals surface area contributed by atoms with Crippen molar-refractivity contribution in [2.24, 2.45) is 5.73 Å². The third-order valence-electron chi connectivity index (χ3n) is 2.75. The first-order valence-corrected chi connectivity index (χ1v) is 6.13. The van der Waals surface area contributed by atoms with Gasteiger partial charge in [0.15, 0.2) is 0 Å². The second kappa shape index (κ2) is 7.07. The van der Waals surface area contributed by atoms with E-state index in [0.29, 0.717) is 0 Å². The highest BCUT2D eigenvalue weighted by Gasteiger charge is 2.32. The Morgan fingerprint density at radius 1 is 1.29 bits per heavy atom. The van der Waals surface area contributed by atoms with Crippen molar-refractivity contribution in [2.45, 2.75) is 19.1 Å². The van der Waals surface area contributed by atoms with Crippen LogP contribution in [0.4, 0.5) is 18.0 Å². The van der Waals surface area contributed by atoms with Gasteiger partial charge in [-0.2, -0.15) is 13.2 Å². The van der Waals surface area contributed by atoms with Gasteiger partial charge in [-0.05, 0) is 18.7 Å². The van der Waals surface area contributed by atoms with Crippen molar-refractivity contribution in [2.75, 3.05) is 13.6 Å². The van der Waals surface area contributed by atoms with Crippen molar-refractivity contribution >= 4 is 11.9 Å². The Kier molecular flexibility index (Phi) is 5.71. The number of amides is 3. The number of nitrogens with zero attached hydrogens (tertiary/aromatic N) is 1. The molecule has 0 aliphatic rings. The van der Waals surface area contributed by atoms with E-state index in [-0.39, 0.29) is 25.1 Å². The Morgan fingerprint density at radius 2 is 1.90 bits per heavy atom. The number of imide groups is 1. The highest BCUT2D eigenvalue weighted by Crippen LogP contribution is 2.32. The van der Waals surface area contributed by atoms with Crippen LogP contribution in [0.15, 0.2) is 24.3 Å². The summed E-state index contributed by atoms with van der Waals surface area (Å²) >= 11 is 0. The molecular formula is C13H16F3N3O2. The fourth-order valence-corrected chi connectivity index (χ4v) is 1.80. The zero-order valence-corrected chi connectivity index (χ0v) is 11.4. The van der Waals surface area contributed by atoms with Gasteiger partial charge in [-0.15, -0.1) is 0 Å². The number of hydrogen-bond donors (Lipinski definition) is 2. The second-order valence-electron chi connectivity index (χ2n) is 4.56. The lowest BCUT2D eigenvalue weighted by Crippen LogP contribution is -2.36. The third kappa shape index (κ3) is 5.82. The number of halogens is 3. The Balaban J connectivity index is 2.61. The Hall–Kier alpha value is -2.09. The molecule has 1 aromatic carbocycles. The zero-order chi connectivity index (χ0) is 16.0. The number of alkyl halides is 3. The standard InChI is InChI=1S/C13H16F3N3O2/c1-19(7-6-11(20)18-12(17)21)8-9-4-2-3-5-10(9)13(14,15)16/h2-5H,6-8H2,1H3,(H3,17,18,20,21). The number of carbonyl (C=O) groups excluding carboxylic acids is 2. The van der Waals surface area contributed by atoms with Gasteiger partial charge in [0.1, 0.15) is 0 Å². The van der Waals surface area contributed by atoms with Crippen LogP contribution >= 0.6 is 0 Å². The number of nitrogens with two attached hydrogens (primary N) is 1. The number of urea groups is 1. The summed E-state index contributed by atoms with van der Waals surface area (Å²) in [5, 5.41) is 1.89. The molecule has 0 unspecified atom stereocenters. The third-order valence-corrected chi connectivity index (χ3v) is 2.75. The minimum absolute atomic E-state index is 0.0341. The van der Waals surface area contributed by atoms with Gasteiger partial charge in [-0.25, -0.2) is 4.79 Å². The lowest BCUT2D eigenvalue weighted by molar-refractivity contribution is -0.138. The number of hydrogen-bond acceptors (Lipinski definition) is 3. The molecule has 5 nitrogen and oxygen atoms in total. The van der Waals surface area contributed by atoms with Gasteiger partial charge in [0.25, 0.3) is 0 Å². The van der Waals surface area contributed by atoms with E-state index in [0.717, 1.165) is 6.07 Å². The minimum Gasteiger partial charge on any atom is -0.351 e. The largest absolute Gasteiger partial charge is 0.416 e. The zero-order valence-electron chi connectivity index (χ0n) is 11.4. The predicted octanol–water partition coefficient (Wildman–Crippen LogP) is 1.72. The maximum Gasteiger partial charge on any atom is 0.416 e. The fraction of sp³-hybridized carbons (Fsp3) is 0.385. The molecule has 116 valence electrons. The molecule has 0 aromatic heterocycles. The van der Waals surface area contributed by atoms with Crippen molar-refractivity contribution in [1.29, 1.82) is 0 Å². The number of nitrogens with one attached hydrogen (secondary N) is 1. The molecule has 0 aliphatic carbocycles. The quantitative estimate of drug-likeness (QED) is 0.869. The van der Waals surface area contributed by atoms with Crippen LogP contribution in [0.5, 0.6) is 0 Å². The molecule has 21 heavy (non-hydrogen) atoms. The van der Waals surface area contributed by atoms with Crippen molar-refractivity contribution in [3.8, 4) is 0 Å². The molecule has 0 atom stereocenters. The van der Waals surface area contributed by atoms with E-state index in [1.54, 1.807) is 11.9 Å². The van der Waals surface area contributed by atoms with Crippen molar-refractivity contribution in [3.05, 3.63) is 35.4 Å². The number of carbonyl (C=O) groups is 2. The van der Waals surface area contributed by atoms with Crippen LogP contribution in [0.2, 0.25) is 0 Å². The SMILES string of the molecule is CN(CCC(=O)NC(N)=O)Cc1ccccc1C(F)(F)F. The molecule has 0 radical (unpaired) electrons. The van der Waals surface area contributed by atoms with Crippen molar-refractivity contribution in [3.63, 3.8) is 0 Å². The van der Waals surface area contributed by atoms with Gasteiger partial charge < -0.3 is 10.6 Å². The Morgan fingerprint density at radius 3 is 2.48 bits per heavy atom. The Bertz CT molecular complexity index is 518. The van der Waals surface area contributed by atoms with E-state index < -0.39 is 23.7 Å². The maximum atomic E-state index is 12.8. The van der Waals surface area contributed by atoms with Gasteiger partial charge in [0, 0.05) is 19.5 Å². The van der Waals surface area contributed by atoms with Crippen LogP contribution in [-0.2, 0) is 17.5 Å². The number of primary amides is 1. The molecule has 1 aromatic rings. The molecule has 0 saturated heterocycles. The van der Waals surface area contributed by atoms with Crippen LogP contribution in [0.1, 0.15) is 17.5 Å². The highest BCUT2D eigenvalue weighted by molar-refractivity contribution is 5.93. The van der Waals surface area contributed by atoms with Crippen LogP contribution in [0.25, 0.3) is 0 Å². The molecule has 0 bridgehead atoms. The summed E-state index contributed by atoms with van der Waals surface area (Å²) in [6.45, 7) is 0.241. The van der Waals surface area contributed by atoms with E-state index in [9.17, 15) is 22.8 Å². The summed E-state index contributed by atoms with van der Waals surface area (Å²) in [6, 6.07) is 4.31. The topological polar surface area (TPSA) is 75.4 Å². The van der Waals surface area contributed by atoms with E-state index in [1.807, 2.05) is 5.32 Å². The monoisotopic (exact) mass is 303 g/mol. The average Bonchev–Trinajstić information content (AvgIpc) is 2.35. The molecule has 0 saturated carbocycles. The normalized spacial score (nSPS) is 11.5. The van der Waals surface area contributed by atoms with Crippen molar-refractivity contribution < 1.29 is 22.8 Å². The van der Waals surface area contributed by atoms with Gasteiger partial charge >= 0.3 is 12.2 Å². The van der Waals surface area contributed by atoms with Crippen LogP contribution in [0.3, 0.4) is 0 Å². The molecule has 0 aliphatic heterocycles. The van der Waals surface area contributed by atoms with Crippen LogP contribution in [0, 0.1) is 0 Å². The van der Waals surface area contributed by atoms with Crippen LogP contribution < -0.4 is 11.1 Å². The maximum absolute atomic E-state index is 12.8. The van der Waals surface area contributed by atoms with Crippen molar-refractivity contribution in [1.82, 2.24) is 10.2 Å². The molecule has 0 fully saturated rings. The van der Waals surface area contributed by atoms with E-state index in [1.165, 1.54) is 18.2 Å². The van der Waals surface area contributed by atoms with E-state index in [4.69, 9.17) is 5.73 Å². The molecular weight excluding hydrogens is 287 g/mol. The molecule has 8 heteroatoms. The molecule has 3 N–H and O–H groups in total. The summed E-state index contributed by atoms with van der Waals surface area (Å²) in [6.07, 6.45) is -4.45. The van der Waals surface area contributed by atoms with Gasteiger partial charge in [-0.1, -0.05) is 18.2 Å². The highest BCUT2D eigenvalue weighted by atomic mass is 19.4. The molecule has 0 spiro atoms. The molecule has 3 amide bonds. The fourth-order valence-electron chi connectivity index (χ4n) is 1.80. The predicted molar refractivity (Wildman–Crippen MR) is 70.1 cm³/mol.